The van der Waals surface area contributed by atoms with Gasteiger partial charge in [-0.3, -0.25) is 4.98 Å². The van der Waals surface area contributed by atoms with Crippen molar-refractivity contribution < 1.29 is 22.7 Å². The molecule has 0 fully saturated rings. The van der Waals surface area contributed by atoms with E-state index in [4.69, 9.17) is 5.73 Å². The lowest BCUT2D eigenvalue weighted by molar-refractivity contribution is -0.164. The highest BCUT2D eigenvalue weighted by Crippen LogP contribution is 2.35. The highest BCUT2D eigenvalue weighted by molar-refractivity contribution is 6.15. The smallest absolute Gasteiger partial charge is 0.410 e. The van der Waals surface area contributed by atoms with E-state index in [2.05, 4.69) is 21.4 Å². The molecule has 10 heteroatoms. The predicted octanol–water partition coefficient (Wildman–Crippen LogP) is 2.71. The van der Waals surface area contributed by atoms with Crippen LogP contribution in [0.15, 0.2) is 24.9 Å². The van der Waals surface area contributed by atoms with Crippen LogP contribution in [-0.4, -0.2) is 34.0 Å². The Hall–Kier alpha value is -3.35. The molecule has 0 aromatic carbocycles. The topological polar surface area (TPSA) is 107 Å². The second kappa shape index (κ2) is 6.87. The molecule has 136 valence electrons. The third-order valence-electron chi connectivity index (χ3n) is 3.69. The minimum Gasteiger partial charge on any atom is -0.465 e. The first-order chi connectivity index (χ1) is 12.1. The van der Waals surface area contributed by atoms with Crippen LogP contribution >= 0.6 is 0 Å². The van der Waals surface area contributed by atoms with Gasteiger partial charge in [0.15, 0.2) is 0 Å². The number of ether oxygens (including phenoxy) is 1. The standard InChI is InChI=1S/C16H14F3N5O2/c1-8(15(25)26-3)10-4-5-12(22-7-10)13-11(6-20)14(21)24(23-13)9(2)16(17,18)19/h4-5,7,9H,1,21H2,2-3H3. The number of carbonyl (C=O) groups excluding carboxylic acids is 1. The third kappa shape index (κ3) is 3.37. The summed E-state index contributed by atoms with van der Waals surface area (Å²) in [4.78, 5) is 15.5. The summed E-state index contributed by atoms with van der Waals surface area (Å²) in [6.45, 7) is 4.45. The number of anilines is 1. The number of pyridine rings is 1. The molecule has 0 saturated heterocycles. The summed E-state index contributed by atoms with van der Waals surface area (Å²) in [6, 6.07) is 2.60. The van der Waals surface area contributed by atoms with Gasteiger partial charge in [-0.05, 0) is 13.0 Å². The molecule has 1 unspecified atom stereocenters. The van der Waals surface area contributed by atoms with Crippen molar-refractivity contribution in [2.75, 3.05) is 12.8 Å². The highest BCUT2D eigenvalue weighted by Gasteiger charge is 2.40. The van der Waals surface area contributed by atoms with Crippen LogP contribution in [0.25, 0.3) is 17.0 Å². The maximum absolute atomic E-state index is 12.9. The van der Waals surface area contributed by atoms with E-state index in [0.29, 0.717) is 10.2 Å². The summed E-state index contributed by atoms with van der Waals surface area (Å²) in [5, 5.41) is 13.1. The van der Waals surface area contributed by atoms with E-state index in [1.54, 1.807) is 6.07 Å². The number of hydrogen-bond acceptors (Lipinski definition) is 6. The van der Waals surface area contributed by atoms with Crippen LogP contribution in [0, 0.1) is 11.3 Å². The summed E-state index contributed by atoms with van der Waals surface area (Å²) in [6.07, 6.45) is -3.31. The van der Waals surface area contributed by atoms with Gasteiger partial charge in [0.05, 0.1) is 18.4 Å². The molecular weight excluding hydrogens is 351 g/mol. The number of aromatic nitrogens is 3. The van der Waals surface area contributed by atoms with Crippen molar-refractivity contribution in [2.45, 2.75) is 19.1 Å². The van der Waals surface area contributed by atoms with Gasteiger partial charge in [-0.2, -0.15) is 23.5 Å². The minimum absolute atomic E-state index is 0.0581. The van der Waals surface area contributed by atoms with E-state index in [1.165, 1.54) is 25.4 Å². The molecule has 0 spiro atoms. The average molecular weight is 365 g/mol. The summed E-state index contributed by atoms with van der Waals surface area (Å²) in [5.74, 6) is -1.05. The van der Waals surface area contributed by atoms with Crippen molar-refractivity contribution in [2.24, 2.45) is 0 Å². The molecule has 2 rings (SSSR count). The van der Waals surface area contributed by atoms with Gasteiger partial charge < -0.3 is 10.5 Å². The van der Waals surface area contributed by atoms with Gasteiger partial charge in [0.1, 0.15) is 29.2 Å². The first-order valence-corrected chi connectivity index (χ1v) is 7.20. The van der Waals surface area contributed by atoms with Crippen LogP contribution in [-0.2, 0) is 9.53 Å². The zero-order valence-electron chi connectivity index (χ0n) is 13.8. The van der Waals surface area contributed by atoms with Crippen LogP contribution in [0.5, 0.6) is 0 Å². The number of methoxy groups -OCH3 is 1. The zero-order valence-corrected chi connectivity index (χ0v) is 13.8. The van der Waals surface area contributed by atoms with Gasteiger partial charge in [0.2, 0.25) is 0 Å². The van der Waals surface area contributed by atoms with Gasteiger partial charge in [-0.25, -0.2) is 9.48 Å². The molecule has 0 aliphatic carbocycles. The number of alkyl halides is 3. The van der Waals surface area contributed by atoms with Gasteiger partial charge in [-0.15, -0.1) is 0 Å². The molecule has 2 aromatic rings. The van der Waals surface area contributed by atoms with Crippen LogP contribution in [0.1, 0.15) is 24.1 Å². The van der Waals surface area contributed by atoms with Gasteiger partial charge >= 0.3 is 12.1 Å². The van der Waals surface area contributed by atoms with Crippen LogP contribution in [0.3, 0.4) is 0 Å². The monoisotopic (exact) mass is 365 g/mol. The SMILES string of the molecule is C=C(C(=O)OC)c1ccc(-c2nn(C(C)C(F)(F)F)c(N)c2C#N)nc1. The summed E-state index contributed by atoms with van der Waals surface area (Å²) in [7, 11) is 1.20. The first-order valence-electron chi connectivity index (χ1n) is 7.20. The molecular formula is C16H14F3N5O2. The van der Waals surface area contributed by atoms with Gasteiger partial charge in [-0.1, -0.05) is 12.6 Å². The quantitative estimate of drug-likeness (QED) is 0.659. The molecule has 0 aliphatic rings. The zero-order chi connectivity index (χ0) is 19.6. The molecule has 0 radical (unpaired) electrons. The predicted molar refractivity (Wildman–Crippen MR) is 86.4 cm³/mol. The Morgan fingerprint density at radius 1 is 1.46 bits per heavy atom. The Morgan fingerprint density at radius 3 is 2.58 bits per heavy atom. The lowest BCUT2D eigenvalue weighted by Gasteiger charge is -2.16. The molecule has 0 bridgehead atoms. The molecule has 7 nitrogen and oxygen atoms in total. The fraction of sp³-hybridized carbons (Fsp3) is 0.250. The molecule has 2 heterocycles. The minimum atomic E-state index is -4.58. The van der Waals surface area contributed by atoms with Crippen molar-refractivity contribution >= 4 is 17.4 Å². The number of hydrogen-bond donors (Lipinski definition) is 1. The Bertz CT molecular complexity index is 894. The van der Waals surface area contributed by atoms with Crippen molar-refractivity contribution in [3.63, 3.8) is 0 Å². The molecule has 1 atom stereocenters. The Labute approximate surface area is 146 Å². The fourth-order valence-corrected chi connectivity index (χ4v) is 2.12. The molecule has 0 saturated carbocycles. The van der Waals surface area contributed by atoms with E-state index in [-0.39, 0.29) is 22.5 Å². The van der Waals surface area contributed by atoms with Crippen molar-refractivity contribution in [1.82, 2.24) is 14.8 Å². The van der Waals surface area contributed by atoms with Crippen molar-refractivity contribution in [1.29, 1.82) is 5.26 Å². The number of esters is 1. The van der Waals surface area contributed by atoms with E-state index in [9.17, 15) is 23.2 Å². The van der Waals surface area contributed by atoms with Crippen LogP contribution < -0.4 is 5.73 Å². The maximum Gasteiger partial charge on any atom is 0.410 e. The van der Waals surface area contributed by atoms with E-state index < -0.39 is 24.0 Å². The summed E-state index contributed by atoms with van der Waals surface area (Å²) in [5.41, 5.74) is 5.90. The number of nitrogens with two attached hydrogens (primary N) is 1. The van der Waals surface area contributed by atoms with Gasteiger partial charge in [0, 0.05) is 11.8 Å². The lowest BCUT2D eigenvalue weighted by atomic mass is 10.1. The van der Waals surface area contributed by atoms with Gasteiger partial charge in [0.25, 0.3) is 0 Å². The second-order valence-electron chi connectivity index (χ2n) is 5.29. The number of halogens is 3. The highest BCUT2D eigenvalue weighted by atomic mass is 19.4. The number of nitrogens with zero attached hydrogens (tertiary/aromatic N) is 4. The normalized spacial score (nSPS) is 12.3. The second-order valence-corrected chi connectivity index (χ2v) is 5.29. The molecule has 0 aliphatic heterocycles. The van der Waals surface area contributed by atoms with E-state index in [0.717, 1.165) is 6.92 Å². The van der Waals surface area contributed by atoms with Crippen molar-refractivity contribution in [3.8, 4) is 17.5 Å². The third-order valence-corrected chi connectivity index (χ3v) is 3.69. The number of nitrogen functional groups attached to an aromatic ring is 1. The summed E-state index contributed by atoms with van der Waals surface area (Å²) < 4.78 is 43.9. The first kappa shape index (κ1) is 19.0. The molecule has 0 amide bonds. The lowest BCUT2D eigenvalue weighted by Crippen LogP contribution is -2.25. The average Bonchev–Trinajstić information content (AvgIpc) is 2.95. The maximum atomic E-state index is 12.9. The van der Waals surface area contributed by atoms with Crippen LogP contribution in [0.2, 0.25) is 0 Å². The molecule has 2 aromatic heterocycles. The fourth-order valence-electron chi connectivity index (χ4n) is 2.12. The van der Waals surface area contributed by atoms with E-state index in [1.807, 2.05) is 0 Å². The van der Waals surface area contributed by atoms with E-state index >= 15 is 0 Å². The number of nitriles is 1. The molecule has 2 N–H and O–H groups in total. The molecule has 26 heavy (non-hydrogen) atoms. The number of carbonyl (C=O) groups is 1. The largest absolute Gasteiger partial charge is 0.465 e. The summed E-state index contributed by atoms with van der Waals surface area (Å²) >= 11 is 0. The Balaban J connectivity index is 2.48. The Kier molecular flexibility index (Phi) is 5.02. The van der Waals surface area contributed by atoms with Crippen molar-refractivity contribution in [3.05, 3.63) is 36.0 Å². The van der Waals surface area contributed by atoms with Crippen LogP contribution in [0.4, 0.5) is 19.0 Å². The Morgan fingerprint density at radius 2 is 2.12 bits per heavy atom. The number of rotatable bonds is 4.